The molecule has 1 amide bonds. The van der Waals surface area contributed by atoms with Gasteiger partial charge in [0, 0.05) is 11.3 Å². The molecule has 0 unspecified atom stereocenters. The molecule has 0 saturated carbocycles. The molecule has 1 rings (SSSR count). The molecule has 0 fully saturated rings. The monoisotopic (exact) mass is 216 g/mol. The molecule has 0 aliphatic carbocycles. The third kappa shape index (κ3) is 2.77. The predicted octanol–water partition coefficient (Wildman–Crippen LogP) is 0.196. The summed E-state index contributed by atoms with van der Waals surface area (Å²) in [5.74, 6) is -0.692. The topological polar surface area (TPSA) is 102 Å². The van der Waals surface area contributed by atoms with Gasteiger partial charge in [-0.05, 0) is 0 Å². The smallest absolute Gasteiger partial charge is 0.404 e. The van der Waals surface area contributed by atoms with Crippen LogP contribution in [0.5, 0.6) is 0 Å². The average Bonchev–Trinajstić information content (AvgIpc) is 2.15. The molecule has 0 radical (unpaired) electrons. The van der Waals surface area contributed by atoms with E-state index in [1.165, 1.54) is 17.3 Å². The van der Waals surface area contributed by atoms with Crippen molar-refractivity contribution in [3.8, 4) is 0 Å². The average molecular weight is 216 g/mol. The molecule has 0 spiro atoms. The highest BCUT2D eigenvalue weighted by Crippen LogP contribution is 2.18. The van der Waals surface area contributed by atoms with Crippen LogP contribution in [-0.4, -0.2) is 35.1 Å². The molecular weight excluding hydrogens is 208 g/mol. The number of aliphatic carboxylic acids is 1. The standard InChI is InChI=1S/C7H8N2O4S/c8-7(12)13-1-4-2-14-3-9-5(4)6(10)11/h3H,1-2H2,(H2,8,12)(H,10,11). The first-order valence-electron chi connectivity index (χ1n) is 3.63. The van der Waals surface area contributed by atoms with Crippen LogP contribution < -0.4 is 5.73 Å². The number of thioether (sulfide) groups is 1. The second-order valence-electron chi connectivity index (χ2n) is 2.41. The van der Waals surface area contributed by atoms with Gasteiger partial charge in [-0.2, -0.15) is 0 Å². The fraction of sp³-hybridized carbons (Fsp3) is 0.286. The van der Waals surface area contributed by atoms with Crippen molar-refractivity contribution in [2.24, 2.45) is 10.7 Å². The largest absolute Gasteiger partial charge is 0.477 e. The third-order valence-electron chi connectivity index (χ3n) is 1.44. The number of rotatable bonds is 3. The molecule has 0 aromatic heterocycles. The zero-order valence-corrected chi connectivity index (χ0v) is 7.91. The summed E-state index contributed by atoms with van der Waals surface area (Å²) >= 11 is 1.33. The summed E-state index contributed by atoms with van der Waals surface area (Å²) in [5, 5.41) is 8.72. The van der Waals surface area contributed by atoms with Crippen molar-refractivity contribution in [1.29, 1.82) is 0 Å². The number of aliphatic imine (C=N–C) groups is 1. The zero-order valence-electron chi connectivity index (χ0n) is 7.10. The number of carboxylic acid groups (broad SMARTS) is 1. The van der Waals surface area contributed by atoms with E-state index in [2.05, 4.69) is 9.73 Å². The number of amides is 1. The van der Waals surface area contributed by atoms with Crippen molar-refractivity contribution in [2.45, 2.75) is 0 Å². The van der Waals surface area contributed by atoms with Gasteiger partial charge >= 0.3 is 12.1 Å². The Labute approximate surface area is 83.8 Å². The van der Waals surface area contributed by atoms with Gasteiger partial charge in [0.1, 0.15) is 6.61 Å². The van der Waals surface area contributed by atoms with Crippen molar-refractivity contribution in [3.63, 3.8) is 0 Å². The second kappa shape index (κ2) is 4.66. The number of carbonyl (C=O) groups excluding carboxylic acids is 1. The van der Waals surface area contributed by atoms with Gasteiger partial charge in [0.15, 0.2) is 5.70 Å². The molecule has 1 aliphatic heterocycles. The number of carboxylic acids is 1. The van der Waals surface area contributed by atoms with E-state index in [9.17, 15) is 9.59 Å². The number of nitrogens with two attached hydrogens (primary N) is 1. The van der Waals surface area contributed by atoms with Crippen molar-refractivity contribution in [3.05, 3.63) is 11.3 Å². The minimum Gasteiger partial charge on any atom is -0.477 e. The fourth-order valence-corrected chi connectivity index (χ4v) is 1.54. The van der Waals surface area contributed by atoms with E-state index in [4.69, 9.17) is 10.8 Å². The van der Waals surface area contributed by atoms with Crippen LogP contribution >= 0.6 is 11.8 Å². The van der Waals surface area contributed by atoms with Gasteiger partial charge in [-0.25, -0.2) is 14.6 Å². The highest BCUT2D eigenvalue weighted by atomic mass is 32.2. The Morgan fingerprint density at radius 3 is 3.00 bits per heavy atom. The molecule has 14 heavy (non-hydrogen) atoms. The van der Waals surface area contributed by atoms with Crippen molar-refractivity contribution >= 4 is 29.4 Å². The normalized spacial score (nSPS) is 15.4. The molecule has 6 nitrogen and oxygen atoms in total. The number of carbonyl (C=O) groups is 2. The van der Waals surface area contributed by atoms with E-state index in [-0.39, 0.29) is 12.3 Å². The first-order valence-corrected chi connectivity index (χ1v) is 4.68. The number of nitrogens with zero attached hydrogens (tertiary/aromatic N) is 1. The first kappa shape index (κ1) is 10.6. The van der Waals surface area contributed by atoms with Crippen LogP contribution in [0.2, 0.25) is 0 Å². The summed E-state index contributed by atoms with van der Waals surface area (Å²) in [5.41, 5.74) is 6.57. The molecule has 0 bridgehead atoms. The summed E-state index contributed by atoms with van der Waals surface area (Å²) in [7, 11) is 0. The molecule has 7 heteroatoms. The van der Waals surface area contributed by atoms with E-state index >= 15 is 0 Å². The van der Waals surface area contributed by atoms with Gasteiger partial charge in [-0.15, -0.1) is 11.8 Å². The molecule has 1 aliphatic rings. The lowest BCUT2D eigenvalue weighted by molar-refractivity contribution is -0.132. The van der Waals surface area contributed by atoms with Crippen LogP contribution in [0, 0.1) is 0 Å². The number of hydrogen-bond donors (Lipinski definition) is 2. The number of hydrogen-bond acceptors (Lipinski definition) is 5. The molecule has 0 saturated heterocycles. The molecular formula is C7H8N2O4S. The third-order valence-corrected chi connectivity index (χ3v) is 2.21. The highest BCUT2D eigenvalue weighted by molar-refractivity contribution is 8.12. The van der Waals surface area contributed by atoms with Gasteiger partial charge in [-0.3, -0.25) is 0 Å². The highest BCUT2D eigenvalue weighted by Gasteiger charge is 2.17. The number of ether oxygens (including phenoxy) is 1. The van der Waals surface area contributed by atoms with E-state index in [1.54, 1.807) is 0 Å². The van der Waals surface area contributed by atoms with Crippen LogP contribution in [0.1, 0.15) is 0 Å². The SMILES string of the molecule is NC(=O)OCC1=C(C(=O)O)N=CSC1. The Balaban J connectivity index is 2.74. The van der Waals surface area contributed by atoms with Gasteiger partial charge in [0.2, 0.25) is 0 Å². The Morgan fingerprint density at radius 1 is 1.71 bits per heavy atom. The molecule has 0 aromatic carbocycles. The fourth-order valence-electron chi connectivity index (χ4n) is 0.862. The first-order chi connectivity index (χ1) is 6.61. The lowest BCUT2D eigenvalue weighted by atomic mass is 10.2. The van der Waals surface area contributed by atoms with Gasteiger partial charge in [0.05, 0.1) is 5.55 Å². The lowest BCUT2D eigenvalue weighted by Gasteiger charge is -2.11. The quantitative estimate of drug-likeness (QED) is 0.701. The Bertz CT molecular complexity index is 324. The molecule has 0 aromatic rings. The lowest BCUT2D eigenvalue weighted by Crippen LogP contribution is -2.18. The summed E-state index contributed by atoms with van der Waals surface area (Å²) in [6.45, 7) is -0.124. The van der Waals surface area contributed by atoms with Crippen molar-refractivity contribution in [1.82, 2.24) is 0 Å². The maximum Gasteiger partial charge on any atom is 0.404 e. The van der Waals surface area contributed by atoms with Gasteiger partial charge in [-0.1, -0.05) is 0 Å². The van der Waals surface area contributed by atoms with Crippen molar-refractivity contribution < 1.29 is 19.4 Å². The summed E-state index contributed by atoms with van der Waals surface area (Å²) < 4.78 is 4.49. The summed E-state index contributed by atoms with van der Waals surface area (Å²) in [6.07, 6.45) is -0.929. The van der Waals surface area contributed by atoms with E-state index in [0.29, 0.717) is 11.3 Å². The van der Waals surface area contributed by atoms with Crippen LogP contribution in [-0.2, 0) is 9.53 Å². The van der Waals surface area contributed by atoms with E-state index in [0.717, 1.165) is 0 Å². The zero-order chi connectivity index (χ0) is 10.6. The second-order valence-corrected chi connectivity index (χ2v) is 3.24. The van der Waals surface area contributed by atoms with Crippen molar-refractivity contribution in [2.75, 3.05) is 12.4 Å². The Morgan fingerprint density at radius 2 is 2.43 bits per heavy atom. The van der Waals surface area contributed by atoms with Gasteiger partial charge in [0.25, 0.3) is 0 Å². The molecule has 3 N–H and O–H groups in total. The maximum atomic E-state index is 10.7. The van der Waals surface area contributed by atoms with E-state index in [1.807, 2.05) is 0 Å². The van der Waals surface area contributed by atoms with E-state index < -0.39 is 12.1 Å². The predicted molar refractivity (Wildman–Crippen MR) is 51.1 cm³/mol. The minimum absolute atomic E-state index is 0.0787. The summed E-state index contributed by atoms with van der Waals surface area (Å²) in [4.78, 5) is 24.6. The van der Waals surface area contributed by atoms with Crippen LogP contribution in [0.4, 0.5) is 4.79 Å². The van der Waals surface area contributed by atoms with Crippen LogP contribution in [0.3, 0.4) is 0 Å². The number of primary amides is 1. The molecule has 76 valence electrons. The van der Waals surface area contributed by atoms with Crippen LogP contribution in [0.25, 0.3) is 0 Å². The maximum absolute atomic E-state index is 10.7. The van der Waals surface area contributed by atoms with Crippen LogP contribution in [0.15, 0.2) is 16.3 Å². The molecule has 1 heterocycles. The Kier molecular flexibility index (Phi) is 3.52. The Hall–Kier alpha value is -1.50. The molecule has 0 atom stereocenters. The summed E-state index contributed by atoms with van der Waals surface area (Å²) in [6, 6.07) is 0. The van der Waals surface area contributed by atoms with Gasteiger partial charge < -0.3 is 15.6 Å². The minimum atomic E-state index is -1.13.